The van der Waals surface area contributed by atoms with Crippen LogP contribution in [0.2, 0.25) is 0 Å². The topological polar surface area (TPSA) is 71.2 Å². The van der Waals surface area contributed by atoms with Crippen LogP contribution in [0, 0.1) is 6.92 Å². The van der Waals surface area contributed by atoms with Gasteiger partial charge in [0.1, 0.15) is 0 Å². The summed E-state index contributed by atoms with van der Waals surface area (Å²) >= 11 is 0. The first-order valence-corrected chi connectivity index (χ1v) is 8.87. The highest BCUT2D eigenvalue weighted by atomic mass is 19.4. The molecule has 2 aromatic rings. The highest BCUT2D eigenvalue weighted by molar-refractivity contribution is 6.37. The molecule has 28 heavy (non-hydrogen) atoms. The molecule has 8 heteroatoms. The number of aryl methyl sites for hydroxylation is 1. The van der Waals surface area contributed by atoms with Gasteiger partial charge in [-0.25, -0.2) is 4.79 Å². The molecule has 0 spiro atoms. The fourth-order valence-electron chi connectivity index (χ4n) is 3.93. The zero-order valence-electron chi connectivity index (χ0n) is 15.2. The van der Waals surface area contributed by atoms with Crippen molar-refractivity contribution in [3.8, 4) is 0 Å². The molecule has 4 rings (SSSR count). The number of ether oxygens (including phenoxy) is 1. The number of esters is 1. The highest BCUT2D eigenvalue weighted by Gasteiger charge is 2.37. The molecule has 146 valence electrons. The first-order chi connectivity index (χ1) is 13.2. The minimum Gasteiger partial charge on any atom is -0.462 e. The van der Waals surface area contributed by atoms with Crippen molar-refractivity contribution in [1.29, 1.82) is 0 Å². The third-order valence-corrected chi connectivity index (χ3v) is 5.09. The number of aromatic nitrogens is 1. The lowest BCUT2D eigenvalue weighted by atomic mass is 9.97. The van der Waals surface area contributed by atoms with Gasteiger partial charge in [0.05, 0.1) is 23.3 Å². The van der Waals surface area contributed by atoms with Gasteiger partial charge < -0.3 is 15.0 Å². The number of nitrogens with one attached hydrogen (secondary N) is 2. The molecular formula is C20H17F3N2O3. The average Bonchev–Trinajstić information content (AvgIpc) is 3.23. The minimum absolute atomic E-state index is 0.219. The molecule has 0 fully saturated rings. The fraction of sp³-hybridized carbons (Fsp3) is 0.300. The molecule has 0 radical (unpaired) electrons. The number of allylic oxidation sites excluding steroid dienone is 1. The largest absolute Gasteiger partial charge is 0.462 e. The van der Waals surface area contributed by atoms with Crippen molar-refractivity contribution in [1.82, 2.24) is 4.98 Å². The Hall–Kier alpha value is -3.03. The van der Waals surface area contributed by atoms with Crippen LogP contribution < -0.4 is 5.32 Å². The van der Waals surface area contributed by atoms with Crippen LogP contribution in [0.3, 0.4) is 0 Å². The standard InChI is InChI=1S/C20H17F3N2O3/c1-3-28-19(27)15-9(2)24-17-11(15)5-6-12(17)16-13-8-10(20(21,22)23)4-7-14(13)25-18(16)26/h4,7-8,24H,3,5-6H2,1-2H3,(H,25,26)/b16-12-. The van der Waals surface area contributed by atoms with E-state index >= 15 is 0 Å². The van der Waals surface area contributed by atoms with Gasteiger partial charge in [0.15, 0.2) is 0 Å². The molecule has 0 atom stereocenters. The number of hydrogen-bond acceptors (Lipinski definition) is 3. The summed E-state index contributed by atoms with van der Waals surface area (Å²) in [5.74, 6) is -0.888. The molecule has 0 bridgehead atoms. The molecule has 5 nitrogen and oxygen atoms in total. The van der Waals surface area contributed by atoms with Gasteiger partial charge in [-0.05, 0) is 56.0 Å². The van der Waals surface area contributed by atoms with Crippen molar-refractivity contribution in [2.45, 2.75) is 32.9 Å². The predicted molar refractivity (Wildman–Crippen MR) is 96.7 cm³/mol. The van der Waals surface area contributed by atoms with Gasteiger partial charge >= 0.3 is 12.1 Å². The Labute approximate surface area is 158 Å². The normalized spacial score (nSPS) is 18.1. The van der Waals surface area contributed by atoms with Crippen LogP contribution in [0.4, 0.5) is 18.9 Å². The summed E-state index contributed by atoms with van der Waals surface area (Å²) in [7, 11) is 0. The van der Waals surface area contributed by atoms with E-state index < -0.39 is 23.6 Å². The van der Waals surface area contributed by atoms with Gasteiger partial charge in [-0.3, -0.25) is 4.79 Å². The van der Waals surface area contributed by atoms with Crippen molar-refractivity contribution in [2.24, 2.45) is 0 Å². The molecule has 0 saturated heterocycles. The van der Waals surface area contributed by atoms with E-state index in [1.165, 1.54) is 6.07 Å². The van der Waals surface area contributed by atoms with Crippen LogP contribution in [-0.4, -0.2) is 23.5 Å². The van der Waals surface area contributed by atoms with E-state index in [0.717, 1.165) is 17.7 Å². The summed E-state index contributed by atoms with van der Waals surface area (Å²) in [5.41, 5.74) is 3.02. The van der Waals surface area contributed by atoms with Gasteiger partial charge in [0, 0.05) is 22.6 Å². The number of carbonyl (C=O) groups excluding carboxylic acids is 2. The number of aromatic amines is 1. The van der Waals surface area contributed by atoms with E-state index in [0.29, 0.717) is 41.1 Å². The predicted octanol–water partition coefficient (Wildman–Crippen LogP) is 4.33. The molecule has 2 N–H and O–H groups in total. The lowest BCUT2D eigenvalue weighted by Crippen LogP contribution is -2.07. The van der Waals surface area contributed by atoms with Gasteiger partial charge in [0.25, 0.3) is 5.91 Å². The van der Waals surface area contributed by atoms with Crippen LogP contribution in [0.15, 0.2) is 18.2 Å². The fourth-order valence-corrected chi connectivity index (χ4v) is 3.93. The number of amides is 1. The van der Waals surface area contributed by atoms with E-state index in [9.17, 15) is 22.8 Å². The lowest BCUT2D eigenvalue weighted by molar-refractivity contribution is -0.137. The number of H-pyrrole nitrogens is 1. The summed E-state index contributed by atoms with van der Waals surface area (Å²) in [6, 6.07) is 3.21. The highest BCUT2D eigenvalue weighted by Crippen LogP contribution is 2.45. The second-order valence-corrected chi connectivity index (χ2v) is 6.76. The van der Waals surface area contributed by atoms with Crippen molar-refractivity contribution < 1.29 is 27.5 Å². The Bertz CT molecular complexity index is 1050. The Morgan fingerprint density at radius 2 is 2.00 bits per heavy atom. The molecule has 1 aliphatic heterocycles. The molecular weight excluding hydrogens is 373 g/mol. The van der Waals surface area contributed by atoms with Crippen molar-refractivity contribution >= 4 is 28.7 Å². The smallest absolute Gasteiger partial charge is 0.416 e. The van der Waals surface area contributed by atoms with Crippen LogP contribution in [0.1, 0.15) is 51.8 Å². The van der Waals surface area contributed by atoms with Gasteiger partial charge in [-0.2, -0.15) is 13.2 Å². The molecule has 0 unspecified atom stereocenters. The number of fused-ring (bicyclic) bond motifs is 2. The second kappa shape index (κ2) is 6.25. The Morgan fingerprint density at radius 3 is 2.68 bits per heavy atom. The second-order valence-electron chi connectivity index (χ2n) is 6.76. The van der Waals surface area contributed by atoms with Crippen LogP contribution in [0.5, 0.6) is 0 Å². The summed E-state index contributed by atoms with van der Waals surface area (Å²) < 4.78 is 44.5. The zero-order valence-corrected chi connectivity index (χ0v) is 15.2. The first-order valence-electron chi connectivity index (χ1n) is 8.87. The Kier molecular flexibility index (Phi) is 4.10. The van der Waals surface area contributed by atoms with Crippen molar-refractivity contribution in [3.63, 3.8) is 0 Å². The van der Waals surface area contributed by atoms with E-state index in [4.69, 9.17) is 4.74 Å². The monoisotopic (exact) mass is 390 g/mol. The summed E-state index contributed by atoms with van der Waals surface area (Å²) in [6.07, 6.45) is -3.54. The third kappa shape index (κ3) is 2.71. The number of hydrogen-bond donors (Lipinski definition) is 2. The van der Waals surface area contributed by atoms with E-state index in [1.54, 1.807) is 13.8 Å². The van der Waals surface area contributed by atoms with E-state index in [2.05, 4.69) is 10.3 Å². The molecule has 2 aliphatic rings. The number of carbonyl (C=O) groups is 2. The van der Waals surface area contributed by atoms with E-state index in [-0.39, 0.29) is 17.7 Å². The molecule has 1 aromatic carbocycles. The van der Waals surface area contributed by atoms with Crippen LogP contribution >= 0.6 is 0 Å². The number of anilines is 1. The molecule has 0 saturated carbocycles. The number of rotatable bonds is 2. The Balaban J connectivity index is 1.87. The van der Waals surface area contributed by atoms with Crippen LogP contribution in [-0.2, 0) is 22.1 Å². The van der Waals surface area contributed by atoms with Gasteiger partial charge in [-0.15, -0.1) is 0 Å². The Morgan fingerprint density at radius 1 is 1.25 bits per heavy atom. The molecule has 2 heterocycles. The first kappa shape index (κ1) is 18.3. The average molecular weight is 390 g/mol. The molecule has 1 aromatic heterocycles. The molecule has 1 amide bonds. The van der Waals surface area contributed by atoms with Crippen molar-refractivity contribution in [3.05, 3.63) is 51.8 Å². The summed E-state index contributed by atoms with van der Waals surface area (Å²) in [4.78, 5) is 28.0. The van der Waals surface area contributed by atoms with Gasteiger partial charge in [0.2, 0.25) is 0 Å². The maximum Gasteiger partial charge on any atom is 0.416 e. The quantitative estimate of drug-likeness (QED) is 0.592. The van der Waals surface area contributed by atoms with Crippen LogP contribution in [0.25, 0.3) is 11.1 Å². The number of alkyl halides is 3. The summed E-state index contributed by atoms with van der Waals surface area (Å²) in [5, 5.41) is 2.63. The maximum absolute atomic E-state index is 13.1. The minimum atomic E-state index is -4.50. The zero-order chi connectivity index (χ0) is 20.2. The summed E-state index contributed by atoms with van der Waals surface area (Å²) in [6.45, 7) is 3.69. The van der Waals surface area contributed by atoms with E-state index in [1.807, 2.05) is 0 Å². The third-order valence-electron chi connectivity index (χ3n) is 5.09. The number of halogens is 3. The van der Waals surface area contributed by atoms with Crippen molar-refractivity contribution in [2.75, 3.05) is 11.9 Å². The maximum atomic E-state index is 13.1. The molecule has 1 aliphatic carbocycles. The SMILES string of the molecule is CCOC(=O)c1c(C)[nH]c2c1CC/C2=C1/C(=O)Nc2ccc(C(F)(F)F)cc21. The number of benzene rings is 1. The lowest BCUT2D eigenvalue weighted by Gasteiger charge is -2.09. The van der Waals surface area contributed by atoms with Gasteiger partial charge in [-0.1, -0.05) is 0 Å².